The van der Waals surface area contributed by atoms with Crippen molar-refractivity contribution >= 4 is 6.03 Å². The Bertz CT molecular complexity index is 235. The van der Waals surface area contributed by atoms with Crippen molar-refractivity contribution in [2.75, 3.05) is 6.54 Å². The third-order valence-corrected chi connectivity index (χ3v) is 1.61. The summed E-state index contributed by atoms with van der Waals surface area (Å²) < 4.78 is 0. The predicted octanol–water partition coefficient (Wildman–Crippen LogP) is 1.73. The molecule has 0 saturated heterocycles. The summed E-state index contributed by atoms with van der Waals surface area (Å²) >= 11 is 0. The molecular formula is C10H19N3O. The highest BCUT2D eigenvalue weighted by Gasteiger charge is 2.21. The molecule has 0 saturated carbocycles. The Hall–Kier alpha value is -1.24. The van der Waals surface area contributed by atoms with Gasteiger partial charge in [0.15, 0.2) is 0 Å². The monoisotopic (exact) mass is 197 g/mol. The number of urea groups is 1. The van der Waals surface area contributed by atoms with E-state index in [-0.39, 0.29) is 24.2 Å². The van der Waals surface area contributed by atoms with Gasteiger partial charge in [-0.3, -0.25) is 0 Å². The molecule has 0 aromatic carbocycles. The van der Waals surface area contributed by atoms with E-state index in [4.69, 9.17) is 5.26 Å². The Morgan fingerprint density at radius 3 is 2.29 bits per heavy atom. The number of nitriles is 1. The Labute approximate surface area is 85.9 Å². The summed E-state index contributed by atoms with van der Waals surface area (Å²) in [5.74, 6) is 0. The Balaban J connectivity index is 4.39. The minimum atomic E-state index is -0.264. The third kappa shape index (κ3) is 4.70. The lowest BCUT2D eigenvalue weighted by atomic mass is 10.1. The smallest absolute Gasteiger partial charge is 0.318 e. The van der Waals surface area contributed by atoms with E-state index in [1.807, 2.05) is 40.7 Å². The van der Waals surface area contributed by atoms with Crippen molar-refractivity contribution in [1.82, 2.24) is 10.2 Å². The van der Waals surface area contributed by atoms with Gasteiger partial charge in [-0.25, -0.2) is 4.79 Å². The van der Waals surface area contributed by atoms with Gasteiger partial charge in [0.1, 0.15) is 6.54 Å². The van der Waals surface area contributed by atoms with Gasteiger partial charge < -0.3 is 10.2 Å². The van der Waals surface area contributed by atoms with Gasteiger partial charge in [-0.05, 0) is 34.6 Å². The molecule has 0 aliphatic carbocycles. The van der Waals surface area contributed by atoms with Crippen molar-refractivity contribution < 1.29 is 4.79 Å². The SMILES string of the molecule is CC(C)N(CC#N)C(=O)NC(C)(C)C. The molecule has 4 nitrogen and oxygen atoms in total. The molecule has 14 heavy (non-hydrogen) atoms. The summed E-state index contributed by atoms with van der Waals surface area (Å²) in [6, 6.07) is 1.83. The topological polar surface area (TPSA) is 56.1 Å². The Morgan fingerprint density at radius 2 is 2.00 bits per heavy atom. The maximum absolute atomic E-state index is 11.7. The average Bonchev–Trinajstić information content (AvgIpc) is 1.95. The molecule has 0 aromatic heterocycles. The summed E-state index contributed by atoms with van der Waals surface area (Å²) in [4.78, 5) is 13.2. The van der Waals surface area contributed by atoms with Crippen LogP contribution in [-0.4, -0.2) is 29.1 Å². The van der Waals surface area contributed by atoms with Gasteiger partial charge in [0, 0.05) is 11.6 Å². The van der Waals surface area contributed by atoms with E-state index >= 15 is 0 Å². The molecule has 4 heteroatoms. The molecule has 0 aliphatic rings. The second kappa shape index (κ2) is 4.85. The molecule has 1 N–H and O–H groups in total. The number of rotatable bonds is 2. The van der Waals surface area contributed by atoms with Crippen molar-refractivity contribution in [1.29, 1.82) is 5.26 Å². The van der Waals surface area contributed by atoms with Gasteiger partial charge in [0.2, 0.25) is 0 Å². The van der Waals surface area contributed by atoms with Gasteiger partial charge in [-0.2, -0.15) is 5.26 Å². The summed E-state index contributed by atoms with van der Waals surface area (Å²) in [6.07, 6.45) is 0. The van der Waals surface area contributed by atoms with Gasteiger partial charge in [-0.15, -0.1) is 0 Å². The van der Waals surface area contributed by atoms with Gasteiger partial charge >= 0.3 is 6.03 Å². The number of nitrogens with one attached hydrogen (secondary N) is 1. The largest absolute Gasteiger partial charge is 0.333 e. The number of nitrogens with zero attached hydrogens (tertiary/aromatic N) is 2. The molecule has 2 amide bonds. The van der Waals surface area contributed by atoms with Crippen LogP contribution in [0.2, 0.25) is 0 Å². The first-order valence-electron chi connectivity index (χ1n) is 4.73. The summed E-state index contributed by atoms with van der Waals surface area (Å²) in [6.45, 7) is 9.64. The molecule has 0 radical (unpaired) electrons. The Morgan fingerprint density at radius 1 is 1.50 bits per heavy atom. The zero-order chi connectivity index (χ0) is 11.4. The standard InChI is InChI=1S/C10H19N3O/c1-8(2)13(7-6-11)9(14)12-10(3,4)5/h8H,7H2,1-5H3,(H,12,14). The molecule has 0 spiro atoms. The second-order valence-electron chi connectivity index (χ2n) is 4.56. The lowest BCUT2D eigenvalue weighted by molar-refractivity contribution is 0.182. The summed E-state index contributed by atoms with van der Waals surface area (Å²) in [7, 11) is 0. The normalized spacial score (nSPS) is 10.9. The molecule has 0 bridgehead atoms. The second-order valence-corrected chi connectivity index (χ2v) is 4.56. The first kappa shape index (κ1) is 12.8. The van der Waals surface area contributed by atoms with E-state index in [2.05, 4.69) is 5.32 Å². The molecule has 0 rings (SSSR count). The van der Waals surface area contributed by atoms with E-state index in [1.165, 1.54) is 4.90 Å². The fourth-order valence-electron chi connectivity index (χ4n) is 0.958. The minimum Gasteiger partial charge on any atom is -0.333 e. The maximum atomic E-state index is 11.7. The lowest BCUT2D eigenvalue weighted by Crippen LogP contribution is -2.50. The van der Waals surface area contributed by atoms with Crippen LogP contribution >= 0.6 is 0 Å². The minimum absolute atomic E-state index is 0.0389. The number of hydrogen-bond donors (Lipinski definition) is 1. The highest BCUT2D eigenvalue weighted by Crippen LogP contribution is 2.03. The molecule has 80 valence electrons. The van der Waals surface area contributed by atoms with Crippen LogP contribution in [0.15, 0.2) is 0 Å². The first-order valence-corrected chi connectivity index (χ1v) is 4.73. The van der Waals surface area contributed by atoms with Crippen molar-refractivity contribution in [3.05, 3.63) is 0 Å². The van der Waals surface area contributed by atoms with Crippen LogP contribution < -0.4 is 5.32 Å². The van der Waals surface area contributed by atoms with Crippen LogP contribution in [0.5, 0.6) is 0 Å². The zero-order valence-corrected chi connectivity index (χ0v) is 9.59. The molecule has 0 unspecified atom stereocenters. The predicted molar refractivity (Wildman–Crippen MR) is 55.7 cm³/mol. The molecule has 0 heterocycles. The first-order chi connectivity index (χ1) is 6.28. The van der Waals surface area contributed by atoms with Crippen LogP contribution in [0.1, 0.15) is 34.6 Å². The fourth-order valence-corrected chi connectivity index (χ4v) is 0.958. The van der Waals surface area contributed by atoms with Crippen LogP contribution in [0.25, 0.3) is 0 Å². The summed E-state index contributed by atoms with van der Waals surface area (Å²) in [5, 5.41) is 11.4. The van der Waals surface area contributed by atoms with Crippen molar-refractivity contribution in [2.24, 2.45) is 0 Å². The zero-order valence-electron chi connectivity index (χ0n) is 9.59. The molecule has 0 fully saturated rings. The van der Waals surface area contributed by atoms with Crippen LogP contribution in [0.3, 0.4) is 0 Å². The van der Waals surface area contributed by atoms with E-state index in [0.717, 1.165) is 0 Å². The van der Waals surface area contributed by atoms with Crippen LogP contribution in [0.4, 0.5) is 4.79 Å². The molecule has 0 aliphatic heterocycles. The fraction of sp³-hybridized carbons (Fsp3) is 0.800. The molecule has 0 atom stereocenters. The number of carbonyl (C=O) groups is 1. The van der Waals surface area contributed by atoms with E-state index < -0.39 is 0 Å². The molecule has 0 aromatic rings. The number of carbonyl (C=O) groups excluding carboxylic acids is 1. The quantitative estimate of drug-likeness (QED) is 0.685. The molecular weight excluding hydrogens is 178 g/mol. The summed E-state index contributed by atoms with van der Waals surface area (Å²) in [5.41, 5.74) is -0.264. The van der Waals surface area contributed by atoms with Crippen molar-refractivity contribution in [3.8, 4) is 6.07 Å². The van der Waals surface area contributed by atoms with E-state index in [9.17, 15) is 4.79 Å². The lowest BCUT2D eigenvalue weighted by Gasteiger charge is -2.29. The van der Waals surface area contributed by atoms with Crippen LogP contribution in [-0.2, 0) is 0 Å². The van der Waals surface area contributed by atoms with E-state index in [1.54, 1.807) is 0 Å². The van der Waals surface area contributed by atoms with Gasteiger partial charge in [0.25, 0.3) is 0 Å². The average molecular weight is 197 g/mol. The van der Waals surface area contributed by atoms with Crippen LogP contribution in [0, 0.1) is 11.3 Å². The van der Waals surface area contributed by atoms with E-state index in [0.29, 0.717) is 0 Å². The number of amides is 2. The van der Waals surface area contributed by atoms with Gasteiger partial charge in [-0.1, -0.05) is 0 Å². The number of hydrogen-bond acceptors (Lipinski definition) is 2. The third-order valence-electron chi connectivity index (χ3n) is 1.61. The highest BCUT2D eigenvalue weighted by atomic mass is 16.2. The highest BCUT2D eigenvalue weighted by molar-refractivity contribution is 5.75. The van der Waals surface area contributed by atoms with Gasteiger partial charge in [0.05, 0.1) is 6.07 Å². The van der Waals surface area contributed by atoms with Crippen molar-refractivity contribution in [3.63, 3.8) is 0 Å². The Kier molecular flexibility index (Phi) is 4.42. The van der Waals surface area contributed by atoms with Crippen molar-refractivity contribution in [2.45, 2.75) is 46.2 Å². The maximum Gasteiger partial charge on any atom is 0.318 e.